The predicted molar refractivity (Wildman–Crippen MR) is 115 cm³/mol. The molecule has 0 aliphatic rings. The maximum Gasteiger partial charge on any atom is 0.231 e. The van der Waals surface area contributed by atoms with Gasteiger partial charge in [-0.2, -0.15) is 9.97 Å². The van der Waals surface area contributed by atoms with Crippen LogP contribution in [0.2, 0.25) is 0 Å². The fourth-order valence-corrected chi connectivity index (χ4v) is 3.27. The Kier molecular flexibility index (Phi) is 4.85. The van der Waals surface area contributed by atoms with E-state index in [1.807, 2.05) is 37.3 Å². The van der Waals surface area contributed by atoms with Crippen molar-refractivity contribution in [3.63, 3.8) is 0 Å². The number of rotatable bonds is 4. The summed E-state index contributed by atoms with van der Waals surface area (Å²) in [6.45, 7) is 6.07. The Balaban J connectivity index is 1.74. The summed E-state index contributed by atoms with van der Waals surface area (Å²) < 4.78 is 0. The highest BCUT2D eigenvalue weighted by Crippen LogP contribution is 2.31. The van der Waals surface area contributed by atoms with Gasteiger partial charge in [0.15, 0.2) is 5.82 Å². The van der Waals surface area contributed by atoms with E-state index in [1.165, 1.54) is 16.7 Å². The molecule has 4 nitrogen and oxygen atoms in total. The number of hydrogen-bond acceptors (Lipinski definition) is 4. The maximum absolute atomic E-state index is 4.66. The summed E-state index contributed by atoms with van der Waals surface area (Å²) in [6.07, 6.45) is 0. The minimum absolute atomic E-state index is 0.546. The van der Waals surface area contributed by atoms with E-state index in [-0.39, 0.29) is 0 Å². The van der Waals surface area contributed by atoms with Gasteiger partial charge in [0.1, 0.15) is 5.82 Å². The molecule has 0 radical (unpaired) electrons. The Morgan fingerprint density at radius 3 is 2.21 bits per heavy atom. The van der Waals surface area contributed by atoms with Gasteiger partial charge in [-0.25, -0.2) is 4.98 Å². The van der Waals surface area contributed by atoms with E-state index in [0.29, 0.717) is 17.6 Å². The summed E-state index contributed by atoms with van der Waals surface area (Å²) in [4.78, 5) is 13.7. The van der Waals surface area contributed by atoms with Crippen LogP contribution in [0.1, 0.15) is 17.0 Å². The molecule has 3 aromatic carbocycles. The van der Waals surface area contributed by atoms with Crippen molar-refractivity contribution in [2.24, 2.45) is 0 Å². The minimum atomic E-state index is 0.546. The first-order valence-electron chi connectivity index (χ1n) is 9.32. The van der Waals surface area contributed by atoms with Crippen molar-refractivity contribution in [2.75, 3.05) is 5.32 Å². The van der Waals surface area contributed by atoms with E-state index in [4.69, 9.17) is 0 Å². The molecular weight excluding hydrogens is 344 g/mol. The van der Waals surface area contributed by atoms with Crippen LogP contribution in [0.5, 0.6) is 0 Å². The Labute approximate surface area is 165 Å². The first kappa shape index (κ1) is 17.9. The van der Waals surface area contributed by atoms with E-state index in [2.05, 4.69) is 76.6 Å². The summed E-state index contributed by atoms with van der Waals surface area (Å²) in [5.41, 5.74) is 6.67. The zero-order chi connectivity index (χ0) is 19.5. The lowest BCUT2D eigenvalue weighted by atomic mass is 9.99. The van der Waals surface area contributed by atoms with Crippen molar-refractivity contribution < 1.29 is 0 Å². The van der Waals surface area contributed by atoms with Crippen LogP contribution in [0, 0.1) is 20.8 Å². The van der Waals surface area contributed by atoms with Gasteiger partial charge in [-0.1, -0.05) is 66.2 Å². The van der Waals surface area contributed by atoms with Gasteiger partial charge in [0, 0.05) is 16.8 Å². The summed E-state index contributed by atoms with van der Waals surface area (Å²) in [6, 6.07) is 24.8. The monoisotopic (exact) mass is 366 g/mol. The lowest BCUT2D eigenvalue weighted by molar-refractivity contribution is 0.990. The number of nitrogens with zero attached hydrogens (tertiary/aromatic N) is 3. The van der Waals surface area contributed by atoms with Crippen molar-refractivity contribution in [1.29, 1.82) is 0 Å². The predicted octanol–water partition coefficient (Wildman–Crippen LogP) is 5.87. The van der Waals surface area contributed by atoms with Gasteiger partial charge in [0.2, 0.25) is 5.95 Å². The molecule has 0 aliphatic heterocycles. The van der Waals surface area contributed by atoms with Crippen LogP contribution in [0.15, 0.2) is 72.8 Å². The van der Waals surface area contributed by atoms with E-state index >= 15 is 0 Å². The van der Waals surface area contributed by atoms with Crippen LogP contribution in [0.3, 0.4) is 0 Å². The van der Waals surface area contributed by atoms with Gasteiger partial charge in [-0.3, -0.25) is 0 Å². The zero-order valence-electron chi connectivity index (χ0n) is 16.3. The molecule has 1 heterocycles. The third-order valence-electron chi connectivity index (χ3n) is 4.63. The molecule has 0 fully saturated rings. The molecular formula is C24H22N4. The normalized spacial score (nSPS) is 10.7. The number of nitrogens with one attached hydrogen (secondary N) is 1. The number of aryl methyl sites for hydroxylation is 3. The summed E-state index contributed by atoms with van der Waals surface area (Å²) >= 11 is 0. The SMILES string of the molecule is Cc1cccc(-c2nc(C)nc(Nc3ccccc3-c3ccccc3C)n2)c1. The summed E-state index contributed by atoms with van der Waals surface area (Å²) in [5, 5.41) is 3.40. The molecule has 138 valence electrons. The Morgan fingerprint density at radius 2 is 1.43 bits per heavy atom. The number of para-hydroxylation sites is 1. The maximum atomic E-state index is 4.66. The molecule has 0 saturated heterocycles. The first-order chi connectivity index (χ1) is 13.6. The largest absolute Gasteiger partial charge is 0.323 e. The van der Waals surface area contributed by atoms with Gasteiger partial charge >= 0.3 is 0 Å². The molecule has 4 rings (SSSR count). The molecule has 4 heteroatoms. The highest BCUT2D eigenvalue weighted by Gasteiger charge is 2.11. The first-order valence-corrected chi connectivity index (χ1v) is 9.32. The van der Waals surface area contributed by atoms with Crippen LogP contribution < -0.4 is 5.32 Å². The molecule has 0 spiro atoms. The Bertz CT molecular complexity index is 1130. The lowest BCUT2D eigenvalue weighted by Crippen LogP contribution is -2.04. The molecule has 0 atom stereocenters. The fraction of sp³-hybridized carbons (Fsp3) is 0.125. The second kappa shape index (κ2) is 7.61. The second-order valence-electron chi connectivity index (χ2n) is 6.88. The second-order valence-corrected chi connectivity index (χ2v) is 6.88. The molecule has 0 saturated carbocycles. The van der Waals surface area contributed by atoms with E-state index in [1.54, 1.807) is 0 Å². The van der Waals surface area contributed by atoms with Gasteiger partial charge in [-0.05, 0) is 44.0 Å². The summed E-state index contributed by atoms with van der Waals surface area (Å²) in [5.74, 6) is 1.90. The molecule has 0 bridgehead atoms. The van der Waals surface area contributed by atoms with Crippen LogP contribution in [-0.2, 0) is 0 Å². The van der Waals surface area contributed by atoms with Gasteiger partial charge in [-0.15, -0.1) is 0 Å². The number of hydrogen-bond donors (Lipinski definition) is 1. The van der Waals surface area contributed by atoms with Gasteiger partial charge in [0.05, 0.1) is 0 Å². The molecule has 1 N–H and O–H groups in total. The van der Waals surface area contributed by atoms with E-state index < -0.39 is 0 Å². The molecule has 0 aliphatic carbocycles. The van der Waals surface area contributed by atoms with E-state index in [9.17, 15) is 0 Å². The lowest BCUT2D eigenvalue weighted by Gasteiger charge is -2.14. The van der Waals surface area contributed by atoms with Crippen LogP contribution in [0.4, 0.5) is 11.6 Å². The highest BCUT2D eigenvalue weighted by atomic mass is 15.2. The molecule has 28 heavy (non-hydrogen) atoms. The Morgan fingerprint density at radius 1 is 0.679 bits per heavy atom. The standard InChI is InChI=1S/C24H22N4/c1-16-9-8-11-19(15-16)23-25-18(3)26-24(28-23)27-22-14-7-6-13-21(22)20-12-5-4-10-17(20)2/h4-15H,1-3H3,(H,25,26,27,28). The smallest absolute Gasteiger partial charge is 0.231 e. The van der Waals surface area contributed by atoms with Gasteiger partial charge in [0.25, 0.3) is 0 Å². The quantitative estimate of drug-likeness (QED) is 0.490. The average molecular weight is 366 g/mol. The van der Waals surface area contributed by atoms with Crippen molar-refractivity contribution in [3.8, 4) is 22.5 Å². The topological polar surface area (TPSA) is 50.7 Å². The molecule has 0 amide bonds. The average Bonchev–Trinajstić information content (AvgIpc) is 2.69. The molecule has 0 unspecified atom stereocenters. The Hall–Kier alpha value is -3.53. The third-order valence-corrected chi connectivity index (χ3v) is 4.63. The van der Waals surface area contributed by atoms with Gasteiger partial charge < -0.3 is 5.32 Å². The van der Waals surface area contributed by atoms with Crippen molar-refractivity contribution in [1.82, 2.24) is 15.0 Å². The zero-order valence-corrected chi connectivity index (χ0v) is 16.3. The fourth-order valence-electron chi connectivity index (χ4n) is 3.27. The van der Waals surface area contributed by atoms with Crippen molar-refractivity contribution >= 4 is 11.6 Å². The molecule has 1 aromatic heterocycles. The number of benzene rings is 3. The van der Waals surface area contributed by atoms with Crippen LogP contribution in [0.25, 0.3) is 22.5 Å². The van der Waals surface area contributed by atoms with Crippen LogP contribution >= 0.6 is 0 Å². The minimum Gasteiger partial charge on any atom is -0.323 e. The van der Waals surface area contributed by atoms with E-state index in [0.717, 1.165) is 16.8 Å². The van der Waals surface area contributed by atoms with Crippen molar-refractivity contribution in [2.45, 2.75) is 20.8 Å². The van der Waals surface area contributed by atoms with Crippen molar-refractivity contribution in [3.05, 3.63) is 89.7 Å². The molecule has 4 aromatic rings. The van der Waals surface area contributed by atoms with Crippen LogP contribution in [-0.4, -0.2) is 15.0 Å². The number of aromatic nitrogens is 3. The third kappa shape index (κ3) is 3.76. The summed E-state index contributed by atoms with van der Waals surface area (Å²) in [7, 11) is 0. The number of anilines is 2. The highest BCUT2D eigenvalue weighted by molar-refractivity contribution is 5.81.